The molecule has 2 aromatic carbocycles. The molecule has 0 spiro atoms. The van der Waals surface area contributed by atoms with Crippen LogP contribution in [0.4, 0.5) is 11.4 Å². The summed E-state index contributed by atoms with van der Waals surface area (Å²) in [5.74, 6) is 1.14. The van der Waals surface area contributed by atoms with Crippen molar-refractivity contribution in [1.82, 2.24) is 5.32 Å². The number of methoxy groups -OCH3 is 2. The molecule has 2 aromatic rings. The van der Waals surface area contributed by atoms with Crippen molar-refractivity contribution in [1.29, 1.82) is 0 Å². The van der Waals surface area contributed by atoms with Gasteiger partial charge in [-0.1, -0.05) is 23.8 Å². The number of nitrogens with one attached hydrogen (secondary N) is 3. The number of hydrogen-bond acceptors (Lipinski definition) is 6. The Morgan fingerprint density at radius 1 is 1.13 bits per heavy atom. The molecule has 0 aromatic heterocycles. The van der Waals surface area contributed by atoms with E-state index in [0.717, 1.165) is 11.4 Å². The number of carbonyl (C=O) groups is 2. The number of thioether (sulfide) groups is 1. The molecule has 3 N–H and O–H groups in total. The molecule has 166 valence electrons. The molecule has 0 bridgehead atoms. The van der Waals surface area contributed by atoms with Crippen molar-refractivity contribution in [3.8, 4) is 0 Å². The molecule has 7 nitrogen and oxygen atoms in total. The standard InChI is InChI=1S/C23H29N3O4S/c1-14-5-6-15(2)17(9-14)12-31-13-20-23(28)26-19-10-16(7-8-18(19)25-20)22(27)24-11-21(29-3)30-4/h5-10,20-21,25H,11-13H2,1-4H3,(H,24,27)(H,26,28)/t20-/m1/s1. The highest BCUT2D eigenvalue weighted by atomic mass is 32.2. The van der Waals surface area contributed by atoms with E-state index in [1.807, 2.05) is 6.07 Å². The Morgan fingerprint density at radius 2 is 1.90 bits per heavy atom. The smallest absolute Gasteiger partial charge is 0.251 e. The fraction of sp³-hybridized carbons (Fsp3) is 0.391. The number of amides is 2. The second kappa shape index (κ2) is 10.7. The molecule has 1 aliphatic heterocycles. The number of hydrogen-bond donors (Lipinski definition) is 3. The first kappa shape index (κ1) is 23.1. The van der Waals surface area contributed by atoms with Gasteiger partial charge in [0.2, 0.25) is 5.91 Å². The van der Waals surface area contributed by atoms with E-state index in [1.54, 1.807) is 23.9 Å². The number of aryl methyl sites for hydroxylation is 2. The van der Waals surface area contributed by atoms with Gasteiger partial charge < -0.3 is 25.4 Å². The molecule has 1 atom stereocenters. The van der Waals surface area contributed by atoms with E-state index in [2.05, 4.69) is 48.0 Å². The minimum atomic E-state index is -0.509. The summed E-state index contributed by atoms with van der Waals surface area (Å²) in [4.78, 5) is 25.0. The number of rotatable bonds is 9. The highest BCUT2D eigenvalue weighted by Gasteiger charge is 2.26. The Morgan fingerprint density at radius 3 is 2.65 bits per heavy atom. The van der Waals surface area contributed by atoms with Crippen LogP contribution >= 0.6 is 11.8 Å². The van der Waals surface area contributed by atoms with Crippen molar-refractivity contribution >= 4 is 35.0 Å². The Bertz CT molecular complexity index is 946. The van der Waals surface area contributed by atoms with E-state index < -0.39 is 6.29 Å². The van der Waals surface area contributed by atoms with Crippen LogP contribution < -0.4 is 16.0 Å². The van der Waals surface area contributed by atoms with Crippen molar-refractivity contribution in [2.75, 3.05) is 37.2 Å². The Balaban J connectivity index is 1.57. The molecule has 3 rings (SSSR count). The fourth-order valence-electron chi connectivity index (χ4n) is 3.29. The number of ether oxygens (including phenoxy) is 2. The van der Waals surface area contributed by atoms with Crippen molar-refractivity contribution < 1.29 is 19.1 Å². The number of benzene rings is 2. The number of fused-ring (bicyclic) bond motifs is 1. The lowest BCUT2D eigenvalue weighted by atomic mass is 10.1. The van der Waals surface area contributed by atoms with E-state index in [9.17, 15) is 9.59 Å². The monoisotopic (exact) mass is 443 g/mol. The van der Waals surface area contributed by atoms with E-state index >= 15 is 0 Å². The zero-order valence-electron chi connectivity index (χ0n) is 18.3. The average molecular weight is 444 g/mol. The number of carbonyl (C=O) groups excluding carboxylic acids is 2. The lowest BCUT2D eigenvalue weighted by Gasteiger charge is -2.27. The van der Waals surface area contributed by atoms with Crippen LogP contribution in [0.3, 0.4) is 0 Å². The highest BCUT2D eigenvalue weighted by Crippen LogP contribution is 2.29. The molecule has 0 radical (unpaired) electrons. The predicted octanol–water partition coefficient (Wildman–Crippen LogP) is 3.32. The molecule has 1 heterocycles. The third kappa shape index (κ3) is 6.00. The van der Waals surface area contributed by atoms with Gasteiger partial charge in [0.05, 0.1) is 17.9 Å². The van der Waals surface area contributed by atoms with Crippen LogP contribution in [0.15, 0.2) is 36.4 Å². The van der Waals surface area contributed by atoms with E-state index in [4.69, 9.17) is 9.47 Å². The highest BCUT2D eigenvalue weighted by molar-refractivity contribution is 7.98. The summed E-state index contributed by atoms with van der Waals surface area (Å²) in [7, 11) is 3.02. The summed E-state index contributed by atoms with van der Waals surface area (Å²) in [6.07, 6.45) is -0.509. The molecule has 8 heteroatoms. The zero-order valence-corrected chi connectivity index (χ0v) is 19.1. The van der Waals surface area contributed by atoms with Gasteiger partial charge in [-0.25, -0.2) is 0 Å². The van der Waals surface area contributed by atoms with Crippen LogP contribution in [-0.2, 0) is 20.0 Å². The van der Waals surface area contributed by atoms with Gasteiger partial charge in [0, 0.05) is 31.3 Å². The Hall–Kier alpha value is -2.55. The SMILES string of the molecule is COC(CNC(=O)c1ccc2c(c1)NC(=O)[C@@H](CSCc1cc(C)ccc1C)N2)OC. The maximum absolute atomic E-state index is 12.6. The van der Waals surface area contributed by atoms with Crippen LogP contribution in [0.25, 0.3) is 0 Å². The van der Waals surface area contributed by atoms with Gasteiger partial charge >= 0.3 is 0 Å². The first-order chi connectivity index (χ1) is 14.9. The van der Waals surface area contributed by atoms with Gasteiger partial charge in [0.1, 0.15) is 6.04 Å². The molecular formula is C23H29N3O4S. The zero-order chi connectivity index (χ0) is 22.4. The minimum absolute atomic E-state index is 0.0997. The molecule has 0 saturated heterocycles. The van der Waals surface area contributed by atoms with Gasteiger partial charge in [-0.15, -0.1) is 0 Å². The number of anilines is 2. The summed E-state index contributed by atoms with van der Waals surface area (Å²) < 4.78 is 10.1. The van der Waals surface area contributed by atoms with Crippen molar-refractivity contribution in [2.24, 2.45) is 0 Å². The van der Waals surface area contributed by atoms with Gasteiger partial charge in [0.25, 0.3) is 5.91 Å². The van der Waals surface area contributed by atoms with Gasteiger partial charge in [-0.3, -0.25) is 9.59 Å². The quantitative estimate of drug-likeness (QED) is 0.516. The van der Waals surface area contributed by atoms with Gasteiger partial charge in [0.15, 0.2) is 6.29 Å². The summed E-state index contributed by atoms with van der Waals surface area (Å²) in [6.45, 7) is 4.42. The lowest BCUT2D eigenvalue weighted by molar-refractivity contribution is -0.116. The van der Waals surface area contributed by atoms with E-state index in [-0.39, 0.29) is 24.4 Å². The van der Waals surface area contributed by atoms with Crippen LogP contribution in [-0.4, -0.2) is 50.7 Å². The predicted molar refractivity (Wildman–Crippen MR) is 125 cm³/mol. The summed E-state index contributed by atoms with van der Waals surface area (Å²) in [6, 6.07) is 11.3. The first-order valence-corrected chi connectivity index (χ1v) is 11.3. The fourth-order valence-corrected chi connectivity index (χ4v) is 4.41. The molecule has 0 aliphatic carbocycles. The summed E-state index contributed by atoms with van der Waals surface area (Å²) >= 11 is 1.72. The topological polar surface area (TPSA) is 88.7 Å². The van der Waals surface area contributed by atoms with Gasteiger partial charge in [-0.2, -0.15) is 11.8 Å². The van der Waals surface area contributed by atoms with E-state index in [1.165, 1.54) is 30.9 Å². The normalized spacial score (nSPS) is 15.3. The van der Waals surface area contributed by atoms with Crippen LogP contribution in [0, 0.1) is 13.8 Å². The lowest BCUT2D eigenvalue weighted by Crippen LogP contribution is -2.41. The molecular weight excluding hydrogens is 414 g/mol. The summed E-state index contributed by atoms with van der Waals surface area (Å²) in [5, 5.41) is 8.96. The van der Waals surface area contributed by atoms with Crippen molar-refractivity contribution in [3.05, 3.63) is 58.7 Å². The summed E-state index contributed by atoms with van der Waals surface area (Å²) in [5.41, 5.74) is 5.65. The van der Waals surface area contributed by atoms with Crippen molar-refractivity contribution in [3.63, 3.8) is 0 Å². The average Bonchev–Trinajstić information content (AvgIpc) is 2.76. The Kier molecular flexibility index (Phi) is 7.95. The van der Waals surface area contributed by atoms with E-state index in [0.29, 0.717) is 17.0 Å². The second-order valence-electron chi connectivity index (χ2n) is 7.50. The second-order valence-corrected chi connectivity index (χ2v) is 8.53. The van der Waals surface area contributed by atoms with Gasteiger partial charge in [-0.05, 0) is 43.2 Å². The first-order valence-electron chi connectivity index (χ1n) is 10.1. The largest absolute Gasteiger partial charge is 0.371 e. The molecule has 2 amide bonds. The molecule has 0 unspecified atom stereocenters. The maximum atomic E-state index is 12.6. The molecule has 0 saturated carbocycles. The molecule has 1 aliphatic rings. The van der Waals surface area contributed by atoms with Crippen LogP contribution in [0.2, 0.25) is 0 Å². The third-order valence-electron chi connectivity index (χ3n) is 5.19. The van der Waals surface area contributed by atoms with Crippen LogP contribution in [0.1, 0.15) is 27.0 Å². The van der Waals surface area contributed by atoms with Crippen molar-refractivity contribution in [2.45, 2.75) is 31.9 Å². The molecule has 0 fully saturated rings. The van der Waals surface area contributed by atoms with Crippen LogP contribution in [0.5, 0.6) is 0 Å². The Labute approximate surface area is 187 Å². The maximum Gasteiger partial charge on any atom is 0.251 e. The third-order valence-corrected chi connectivity index (χ3v) is 6.27. The molecule has 31 heavy (non-hydrogen) atoms. The minimum Gasteiger partial charge on any atom is -0.371 e.